The molecule has 2 aliphatic heterocycles. The molecule has 1 aromatic carbocycles. The standard InChI is InChI=1S/C24H31N5O5/c1-17-7-4-5-8-19(17)24(16-21(31)29(23(24)32)9-6-14-33-3)15-20(30)27-10-12-28(13-11-27)22-18(2)25-34-26-22/h4-5,7-8H,6,9-16H2,1-3H3/t24-/m1/s1. The van der Waals surface area contributed by atoms with Gasteiger partial charge in [0.05, 0.1) is 5.41 Å². The first-order valence-electron chi connectivity index (χ1n) is 11.6. The van der Waals surface area contributed by atoms with E-state index >= 15 is 0 Å². The number of rotatable bonds is 8. The Morgan fingerprint density at radius 2 is 1.85 bits per heavy atom. The molecule has 1 aromatic heterocycles. The second kappa shape index (κ2) is 9.92. The third-order valence-corrected chi connectivity index (χ3v) is 6.81. The van der Waals surface area contributed by atoms with Gasteiger partial charge in [-0.15, -0.1) is 0 Å². The fourth-order valence-electron chi connectivity index (χ4n) is 5.00. The molecule has 0 spiro atoms. The minimum atomic E-state index is -1.18. The molecule has 0 aliphatic carbocycles. The summed E-state index contributed by atoms with van der Waals surface area (Å²) in [7, 11) is 1.59. The molecule has 2 aromatic rings. The summed E-state index contributed by atoms with van der Waals surface area (Å²) < 4.78 is 9.88. The second-order valence-electron chi connectivity index (χ2n) is 8.99. The van der Waals surface area contributed by atoms with Crippen LogP contribution in [0.4, 0.5) is 5.82 Å². The number of anilines is 1. The molecule has 3 amide bonds. The van der Waals surface area contributed by atoms with E-state index in [0.717, 1.165) is 11.1 Å². The largest absolute Gasteiger partial charge is 0.385 e. The molecule has 0 N–H and O–H groups in total. The van der Waals surface area contributed by atoms with Crippen molar-refractivity contribution >= 4 is 23.5 Å². The normalized spacial score (nSPS) is 21.0. The Bertz CT molecular complexity index is 1060. The van der Waals surface area contributed by atoms with Gasteiger partial charge in [0.15, 0.2) is 5.82 Å². The zero-order chi connectivity index (χ0) is 24.3. The van der Waals surface area contributed by atoms with Gasteiger partial charge in [-0.05, 0) is 36.6 Å². The van der Waals surface area contributed by atoms with Crippen LogP contribution in [0.2, 0.25) is 0 Å². The molecule has 3 heterocycles. The minimum absolute atomic E-state index is 0.000816. The maximum Gasteiger partial charge on any atom is 0.240 e. The number of aryl methyl sites for hydroxylation is 2. The summed E-state index contributed by atoms with van der Waals surface area (Å²) in [5.41, 5.74) is 1.17. The lowest BCUT2D eigenvalue weighted by Crippen LogP contribution is -2.51. The van der Waals surface area contributed by atoms with Gasteiger partial charge in [0.25, 0.3) is 0 Å². The van der Waals surface area contributed by atoms with Crippen LogP contribution in [-0.4, -0.2) is 84.3 Å². The van der Waals surface area contributed by atoms with Crippen molar-refractivity contribution < 1.29 is 23.7 Å². The molecule has 0 bridgehead atoms. The Hall–Kier alpha value is -3.27. The third kappa shape index (κ3) is 4.42. The highest BCUT2D eigenvalue weighted by Gasteiger charge is 2.54. The molecular formula is C24H31N5O5. The predicted octanol–water partition coefficient (Wildman–Crippen LogP) is 1.46. The third-order valence-electron chi connectivity index (χ3n) is 6.81. The van der Waals surface area contributed by atoms with Crippen LogP contribution in [0.5, 0.6) is 0 Å². The molecule has 182 valence electrons. The van der Waals surface area contributed by atoms with Crippen molar-refractivity contribution in [3.8, 4) is 0 Å². The molecule has 0 saturated carbocycles. The molecule has 10 heteroatoms. The molecular weight excluding hydrogens is 438 g/mol. The Labute approximate surface area is 198 Å². The van der Waals surface area contributed by atoms with E-state index < -0.39 is 5.41 Å². The van der Waals surface area contributed by atoms with Gasteiger partial charge in [0, 0.05) is 59.3 Å². The maximum atomic E-state index is 13.7. The summed E-state index contributed by atoms with van der Waals surface area (Å²) in [6, 6.07) is 7.53. The van der Waals surface area contributed by atoms with Crippen molar-refractivity contribution in [3.05, 3.63) is 41.1 Å². The highest BCUT2D eigenvalue weighted by atomic mass is 16.6. The molecule has 2 fully saturated rings. The zero-order valence-electron chi connectivity index (χ0n) is 20.0. The lowest BCUT2D eigenvalue weighted by molar-refractivity contribution is -0.143. The van der Waals surface area contributed by atoms with Crippen molar-refractivity contribution in [1.82, 2.24) is 20.1 Å². The van der Waals surface area contributed by atoms with Gasteiger partial charge in [-0.25, -0.2) is 4.63 Å². The fourth-order valence-corrected chi connectivity index (χ4v) is 5.00. The van der Waals surface area contributed by atoms with Crippen molar-refractivity contribution in [2.45, 2.75) is 38.5 Å². The van der Waals surface area contributed by atoms with Crippen LogP contribution in [-0.2, 0) is 24.5 Å². The number of piperazine rings is 1. The van der Waals surface area contributed by atoms with E-state index in [2.05, 4.69) is 10.3 Å². The van der Waals surface area contributed by atoms with Crippen molar-refractivity contribution in [1.29, 1.82) is 0 Å². The SMILES string of the molecule is COCCCN1C(=O)C[C@](CC(=O)N2CCN(c3nonc3C)CC2)(c2ccccc2C)C1=O. The number of aromatic nitrogens is 2. The van der Waals surface area contributed by atoms with Crippen molar-refractivity contribution in [2.75, 3.05) is 51.3 Å². The van der Waals surface area contributed by atoms with E-state index in [-0.39, 0.29) is 37.1 Å². The summed E-state index contributed by atoms with van der Waals surface area (Å²) >= 11 is 0. The van der Waals surface area contributed by atoms with E-state index in [1.54, 1.807) is 12.0 Å². The van der Waals surface area contributed by atoms with Crippen LogP contribution in [0.25, 0.3) is 0 Å². The maximum absolute atomic E-state index is 13.7. The Balaban J connectivity index is 1.54. The summed E-state index contributed by atoms with van der Waals surface area (Å²) in [5, 5.41) is 7.77. The molecule has 0 radical (unpaired) electrons. The number of amides is 3. The molecule has 1 atom stereocenters. The van der Waals surface area contributed by atoms with Gasteiger partial charge in [0.2, 0.25) is 17.7 Å². The number of carbonyl (C=O) groups is 3. The molecule has 34 heavy (non-hydrogen) atoms. The van der Waals surface area contributed by atoms with Gasteiger partial charge >= 0.3 is 0 Å². The number of imide groups is 1. The van der Waals surface area contributed by atoms with E-state index in [1.807, 2.05) is 43.0 Å². The highest BCUT2D eigenvalue weighted by molar-refractivity contribution is 6.11. The second-order valence-corrected chi connectivity index (χ2v) is 8.99. The van der Waals surface area contributed by atoms with Gasteiger partial charge in [0.1, 0.15) is 5.69 Å². The van der Waals surface area contributed by atoms with E-state index in [9.17, 15) is 14.4 Å². The Morgan fingerprint density at radius 1 is 1.12 bits per heavy atom. The molecule has 0 unspecified atom stereocenters. The summed E-state index contributed by atoms with van der Waals surface area (Å²) in [6.07, 6.45) is 0.525. The lowest BCUT2D eigenvalue weighted by Gasteiger charge is -2.37. The van der Waals surface area contributed by atoms with Crippen LogP contribution >= 0.6 is 0 Å². The Kier molecular flexibility index (Phi) is 6.97. The topological polar surface area (TPSA) is 109 Å². The summed E-state index contributed by atoms with van der Waals surface area (Å²) in [5.74, 6) is 0.0275. The van der Waals surface area contributed by atoms with Gasteiger partial charge in [-0.1, -0.05) is 29.4 Å². The zero-order valence-corrected chi connectivity index (χ0v) is 20.0. The number of hydrogen-bond acceptors (Lipinski definition) is 8. The van der Waals surface area contributed by atoms with E-state index in [4.69, 9.17) is 9.37 Å². The quantitative estimate of drug-likeness (QED) is 0.422. The number of likely N-dealkylation sites (tertiary alicyclic amines) is 1. The van der Waals surface area contributed by atoms with Crippen molar-refractivity contribution in [2.24, 2.45) is 0 Å². The first-order valence-corrected chi connectivity index (χ1v) is 11.6. The van der Waals surface area contributed by atoms with Crippen molar-refractivity contribution in [3.63, 3.8) is 0 Å². The average molecular weight is 470 g/mol. The first kappa shape index (κ1) is 23.9. The monoisotopic (exact) mass is 469 g/mol. The van der Waals surface area contributed by atoms with Crippen LogP contribution < -0.4 is 4.90 Å². The number of carbonyl (C=O) groups excluding carboxylic acids is 3. The van der Waals surface area contributed by atoms with Gasteiger partial charge in [-0.2, -0.15) is 0 Å². The summed E-state index contributed by atoms with van der Waals surface area (Å²) in [6.45, 7) is 6.66. The minimum Gasteiger partial charge on any atom is -0.385 e. The number of methoxy groups -OCH3 is 1. The lowest BCUT2D eigenvalue weighted by atomic mass is 9.74. The Morgan fingerprint density at radius 3 is 2.50 bits per heavy atom. The molecule has 10 nitrogen and oxygen atoms in total. The van der Waals surface area contributed by atoms with Crippen LogP contribution in [0.3, 0.4) is 0 Å². The number of nitrogens with zero attached hydrogens (tertiary/aromatic N) is 5. The van der Waals surface area contributed by atoms with Crippen LogP contribution in [0.15, 0.2) is 28.9 Å². The van der Waals surface area contributed by atoms with E-state index in [0.29, 0.717) is 50.7 Å². The fraction of sp³-hybridized carbons (Fsp3) is 0.542. The highest BCUT2D eigenvalue weighted by Crippen LogP contribution is 2.42. The smallest absolute Gasteiger partial charge is 0.240 e. The van der Waals surface area contributed by atoms with Gasteiger partial charge < -0.3 is 14.5 Å². The molecule has 2 aliphatic rings. The number of hydrogen-bond donors (Lipinski definition) is 0. The van der Waals surface area contributed by atoms with Crippen LogP contribution in [0.1, 0.15) is 36.1 Å². The van der Waals surface area contributed by atoms with E-state index in [1.165, 1.54) is 4.90 Å². The first-order chi connectivity index (χ1) is 16.4. The number of ether oxygens (including phenoxy) is 1. The number of benzene rings is 1. The average Bonchev–Trinajstić information content (AvgIpc) is 3.36. The predicted molar refractivity (Wildman–Crippen MR) is 123 cm³/mol. The molecule has 4 rings (SSSR count). The van der Waals surface area contributed by atoms with Crippen LogP contribution in [0, 0.1) is 13.8 Å². The van der Waals surface area contributed by atoms with Gasteiger partial charge in [-0.3, -0.25) is 19.3 Å². The molecule has 2 saturated heterocycles. The summed E-state index contributed by atoms with van der Waals surface area (Å²) in [4.78, 5) is 45.3.